The number of carbonyl (C=O) groups excluding carboxylic acids is 2. The fourth-order valence-electron chi connectivity index (χ4n) is 3.63. The van der Waals surface area contributed by atoms with E-state index in [1.807, 2.05) is 4.90 Å². The molecule has 3 fully saturated rings. The van der Waals surface area contributed by atoms with Crippen molar-refractivity contribution in [2.24, 2.45) is 5.92 Å². The Hall–Kier alpha value is -1.19. The van der Waals surface area contributed by atoms with Gasteiger partial charge in [0.1, 0.15) is 0 Å². The summed E-state index contributed by atoms with van der Waals surface area (Å²) < 4.78 is 30.8. The molecule has 2 saturated heterocycles. The van der Waals surface area contributed by atoms with Crippen LogP contribution in [0.25, 0.3) is 0 Å². The second-order valence-electron chi connectivity index (χ2n) is 7.23. The van der Waals surface area contributed by atoms with Gasteiger partial charge >= 0.3 is 0 Å². The Morgan fingerprint density at radius 3 is 2.80 bits per heavy atom. The summed E-state index contributed by atoms with van der Waals surface area (Å²) in [5.41, 5.74) is 0. The van der Waals surface area contributed by atoms with E-state index in [0.29, 0.717) is 44.9 Å². The maximum atomic E-state index is 12.8. The normalized spacial score (nSPS) is 29.3. The molecule has 3 rings (SSSR count). The summed E-state index contributed by atoms with van der Waals surface area (Å²) in [7, 11) is -2.03. The first-order valence-electron chi connectivity index (χ1n) is 8.97. The van der Waals surface area contributed by atoms with Crippen LogP contribution in [0.2, 0.25) is 0 Å². The molecular weight excluding hydrogens is 346 g/mol. The van der Waals surface area contributed by atoms with Crippen LogP contribution in [0.3, 0.4) is 0 Å². The van der Waals surface area contributed by atoms with Gasteiger partial charge in [0.05, 0.1) is 11.8 Å². The Morgan fingerprint density at radius 2 is 2.12 bits per heavy atom. The largest absolute Gasteiger partial charge is 0.385 e. The number of fused-ring (bicyclic) bond motifs is 1. The van der Waals surface area contributed by atoms with E-state index in [1.54, 1.807) is 7.11 Å². The highest BCUT2D eigenvalue weighted by molar-refractivity contribution is 7.89. The van der Waals surface area contributed by atoms with Crippen LogP contribution in [-0.2, 0) is 24.3 Å². The van der Waals surface area contributed by atoms with Crippen molar-refractivity contribution >= 4 is 21.8 Å². The van der Waals surface area contributed by atoms with Gasteiger partial charge in [0.15, 0.2) is 0 Å². The van der Waals surface area contributed by atoms with E-state index < -0.39 is 16.1 Å². The highest BCUT2D eigenvalue weighted by Crippen LogP contribution is 2.32. The number of nitrogens with one attached hydrogen (secondary N) is 1. The van der Waals surface area contributed by atoms with Crippen molar-refractivity contribution in [2.75, 3.05) is 39.1 Å². The van der Waals surface area contributed by atoms with E-state index in [1.165, 1.54) is 0 Å². The van der Waals surface area contributed by atoms with Crippen LogP contribution in [0.4, 0.5) is 0 Å². The second kappa shape index (κ2) is 7.59. The molecule has 0 aromatic carbocycles. The number of carbonyl (C=O) groups is 2. The molecule has 2 heterocycles. The van der Waals surface area contributed by atoms with Crippen LogP contribution in [-0.4, -0.2) is 80.6 Å². The number of rotatable bonds is 7. The van der Waals surface area contributed by atoms with Crippen LogP contribution in [0.15, 0.2) is 0 Å². The predicted octanol–water partition coefficient (Wildman–Crippen LogP) is -0.446. The fourth-order valence-corrected chi connectivity index (χ4v) is 5.12. The molecule has 2 atom stereocenters. The summed E-state index contributed by atoms with van der Waals surface area (Å²) in [4.78, 5) is 26.7. The summed E-state index contributed by atoms with van der Waals surface area (Å²) in [6.45, 7) is 1.42. The molecule has 2 amide bonds. The number of methoxy groups -OCH3 is 1. The van der Waals surface area contributed by atoms with Crippen molar-refractivity contribution in [1.29, 1.82) is 0 Å². The van der Waals surface area contributed by atoms with Gasteiger partial charge in [0.25, 0.3) is 5.91 Å². The molecule has 0 bridgehead atoms. The van der Waals surface area contributed by atoms with Gasteiger partial charge in [-0.1, -0.05) is 0 Å². The van der Waals surface area contributed by atoms with Crippen LogP contribution >= 0.6 is 0 Å². The fraction of sp³-hybridized carbons (Fsp3) is 0.875. The third-order valence-corrected chi connectivity index (χ3v) is 6.88. The predicted molar refractivity (Wildman–Crippen MR) is 91.2 cm³/mol. The Kier molecular flexibility index (Phi) is 5.65. The molecule has 25 heavy (non-hydrogen) atoms. The van der Waals surface area contributed by atoms with Crippen LogP contribution in [0, 0.1) is 5.92 Å². The minimum absolute atomic E-state index is 0.0437. The summed E-state index contributed by atoms with van der Waals surface area (Å²) in [5.74, 6) is 0.135. The summed E-state index contributed by atoms with van der Waals surface area (Å²) in [6.07, 6.45) is 3.77. The first-order valence-corrected chi connectivity index (χ1v) is 10.6. The lowest BCUT2D eigenvalue weighted by Crippen LogP contribution is -2.44. The number of sulfonamides is 1. The van der Waals surface area contributed by atoms with Gasteiger partial charge in [0, 0.05) is 45.8 Å². The topological polar surface area (TPSA) is 96.0 Å². The lowest BCUT2D eigenvalue weighted by Gasteiger charge is -2.23. The van der Waals surface area contributed by atoms with E-state index in [4.69, 9.17) is 4.74 Å². The molecule has 0 spiro atoms. The van der Waals surface area contributed by atoms with E-state index in [-0.39, 0.29) is 30.2 Å². The number of ether oxygens (including phenoxy) is 1. The standard InChI is InChI=1S/C16H27N3O5S/c1-24-7-2-5-19-16(21)14-10-13(17-15(20)9-12-3-4-12)11-18(14)6-8-25(19,22)23/h12-14H,2-11H2,1H3,(H,17,20)/t13-,14-/m0/s1. The molecule has 142 valence electrons. The molecule has 8 nitrogen and oxygen atoms in total. The van der Waals surface area contributed by atoms with Gasteiger partial charge < -0.3 is 10.1 Å². The molecule has 1 N–H and O–H groups in total. The summed E-state index contributed by atoms with van der Waals surface area (Å²) in [6, 6.07) is -0.548. The number of hydrogen-bond donors (Lipinski definition) is 1. The minimum Gasteiger partial charge on any atom is -0.385 e. The van der Waals surface area contributed by atoms with Gasteiger partial charge in [-0.2, -0.15) is 0 Å². The van der Waals surface area contributed by atoms with E-state index in [0.717, 1.165) is 17.1 Å². The van der Waals surface area contributed by atoms with Crippen molar-refractivity contribution in [3.63, 3.8) is 0 Å². The van der Waals surface area contributed by atoms with Crippen molar-refractivity contribution < 1.29 is 22.7 Å². The second-order valence-corrected chi connectivity index (χ2v) is 9.24. The smallest absolute Gasteiger partial charge is 0.253 e. The van der Waals surface area contributed by atoms with Gasteiger partial charge in [-0.05, 0) is 31.6 Å². The van der Waals surface area contributed by atoms with Crippen LogP contribution < -0.4 is 5.32 Å². The zero-order valence-corrected chi connectivity index (χ0v) is 15.5. The molecule has 0 aromatic heterocycles. The van der Waals surface area contributed by atoms with E-state index in [2.05, 4.69) is 5.32 Å². The van der Waals surface area contributed by atoms with Crippen molar-refractivity contribution in [1.82, 2.24) is 14.5 Å². The molecule has 0 radical (unpaired) electrons. The summed E-state index contributed by atoms with van der Waals surface area (Å²) >= 11 is 0. The Morgan fingerprint density at radius 1 is 1.36 bits per heavy atom. The minimum atomic E-state index is -3.58. The van der Waals surface area contributed by atoms with Crippen LogP contribution in [0.5, 0.6) is 0 Å². The zero-order valence-electron chi connectivity index (χ0n) is 14.6. The maximum absolute atomic E-state index is 12.8. The average Bonchev–Trinajstić information content (AvgIpc) is 3.27. The highest BCUT2D eigenvalue weighted by Gasteiger charge is 2.45. The quantitative estimate of drug-likeness (QED) is 0.608. The Balaban J connectivity index is 1.62. The molecule has 0 aromatic rings. The lowest BCUT2D eigenvalue weighted by molar-refractivity contribution is -0.130. The number of nitrogens with zero attached hydrogens (tertiary/aromatic N) is 2. The average molecular weight is 373 g/mol. The number of hydrogen-bond acceptors (Lipinski definition) is 6. The van der Waals surface area contributed by atoms with Crippen LogP contribution in [0.1, 0.15) is 32.1 Å². The maximum Gasteiger partial charge on any atom is 0.253 e. The van der Waals surface area contributed by atoms with Crippen molar-refractivity contribution in [3.8, 4) is 0 Å². The van der Waals surface area contributed by atoms with E-state index in [9.17, 15) is 18.0 Å². The first kappa shape index (κ1) is 18.6. The molecule has 3 aliphatic rings. The van der Waals surface area contributed by atoms with Crippen molar-refractivity contribution in [2.45, 2.75) is 44.2 Å². The van der Waals surface area contributed by atoms with Gasteiger partial charge in [-0.15, -0.1) is 0 Å². The van der Waals surface area contributed by atoms with Crippen molar-refractivity contribution in [3.05, 3.63) is 0 Å². The van der Waals surface area contributed by atoms with E-state index >= 15 is 0 Å². The number of amides is 2. The highest BCUT2D eigenvalue weighted by atomic mass is 32.2. The molecular formula is C16H27N3O5S. The molecule has 2 aliphatic heterocycles. The van der Waals surface area contributed by atoms with Gasteiger partial charge in [-0.25, -0.2) is 12.7 Å². The first-order chi connectivity index (χ1) is 11.9. The van der Waals surface area contributed by atoms with Gasteiger partial charge in [0.2, 0.25) is 15.9 Å². The lowest BCUT2D eigenvalue weighted by atomic mass is 10.1. The van der Waals surface area contributed by atoms with Gasteiger partial charge in [-0.3, -0.25) is 14.5 Å². The third-order valence-electron chi connectivity index (χ3n) is 5.15. The monoisotopic (exact) mass is 373 g/mol. The third kappa shape index (κ3) is 4.51. The molecule has 9 heteroatoms. The molecule has 1 aliphatic carbocycles. The molecule has 0 unspecified atom stereocenters. The Bertz CT molecular complexity index is 619. The molecule has 1 saturated carbocycles. The Labute approximate surface area is 148 Å². The SMILES string of the molecule is COCCCN1C(=O)[C@@H]2C[C@H](NC(=O)CC3CC3)CN2CCS1(=O)=O. The summed E-state index contributed by atoms with van der Waals surface area (Å²) in [5, 5.41) is 3.01. The zero-order chi connectivity index (χ0) is 18.0.